The molecular weight excluding hydrogens is 488 g/mol. The van der Waals surface area contributed by atoms with E-state index >= 15 is 0 Å². The van der Waals surface area contributed by atoms with E-state index in [4.69, 9.17) is 4.74 Å². The summed E-state index contributed by atoms with van der Waals surface area (Å²) in [7, 11) is 5.92. The Kier molecular flexibility index (Phi) is 6.55. The molecule has 7 nitrogen and oxygen atoms in total. The first kappa shape index (κ1) is 25.4. The van der Waals surface area contributed by atoms with Gasteiger partial charge in [0.15, 0.2) is 0 Å². The Hall–Kier alpha value is -3.84. The Morgan fingerprint density at radius 2 is 1.62 bits per heavy atom. The molecule has 1 N–H and O–H groups in total. The lowest BCUT2D eigenvalue weighted by Gasteiger charge is -2.43. The van der Waals surface area contributed by atoms with E-state index in [9.17, 15) is 9.59 Å². The number of nitrogens with one attached hydrogen (secondary N) is 1. The molecular formula is C32H36N4O3. The van der Waals surface area contributed by atoms with E-state index in [0.717, 1.165) is 59.5 Å². The third kappa shape index (κ3) is 4.44. The standard InChI is InChI=1S/C32H36N4O3/c1-34(2)24-16-18-32(19-17-24)30(23-8-5-4-6-9-23)36(31(38)33-32)28-11-7-10-27-26(28)20-29(37)35(27)21-22-12-14-25(39-3)15-13-22/h4-15,24,30H,16-21H2,1-3H3,(H,33,38)/t24?,30-,32?/m1/s1. The summed E-state index contributed by atoms with van der Waals surface area (Å²) >= 11 is 0. The maximum Gasteiger partial charge on any atom is 0.323 e. The first-order chi connectivity index (χ1) is 18.9. The van der Waals surface area contributed by atoms with Gasteiger partial charge in [-0.25, -0.2) is 4.79 Å². The third-order valence-corrected chi connectivity index (χ3v) is 8.85. The van der Waals surface area contributed by atoms with Crippen LogP contribution in [0.4, 0.5) is 16.2 Å². The second-order valence-electron chi connectivity index (χ2n) is 11.2. The van der Waals surface area contributed by atoms with Crippen LogP contribution in [0.2, 0.25) is 0 Å². The van der Waals surface area contributed by atoms with E-state index in [1.807, 2.05) is 70.5 Å². The molecule has 3 aromatic carbocycles. The van der Waals surface area contributed by atoms with E-state index in [2.05, 4.69) is 36.4 Å². The number of methoxy groups -OCH3 is 1. The zero-order chi connectivity index (χ0) is 27.1. The number of amides is 3. The number of urea groups is 1. The molecule has 0 radical (unpaired) electrons. The molecule has 2 fully saturated rings. The molecule has 0 aromatic heterocycles. The Bertz CT molecular complexity index is 1360. The summed E-state index contributed by atoms with van der Waals surface area (Å²) in [6.45, 7) is 0.476. The van der Waals surface area contributed by atoms with Crippen LogP contribution in [0.25, 0.3) is 0 Å². The predicted octanol–water partition coefficient (Wildman–Crippen LogP) is 5.30. The Labute approximate surface area is 230 Å². The number of nitrogens with zero attached hydrogens (tertiary/aromatic N) is 3. The fraction of sp³-hybridized carbons (Fsp3) is 0.375. The lowest BCUT2D eigenvalue weighted by Crippen LogP contribution is -2.50. The predicted molar refractivity (Wildman–Crippen MR) is 153 cm³/mol. The monoisotopic (exact) mass is 524 g/mol. The fourth-order valence-electron chi connectivity index (χ4n) is 6.78. The average Bonchev–Trinajstić information content (AvgIpc) is 3.42. The van der Waals surface area contributed by atoms with E-state index in [-0.39, 0.29) is 29.9 Å². The van der Waals surface area contributed by atoms with Crippen LogP contribution in [0, 0.1) is 0 Å². The quantitative estimate of drug-likeness (QED) is 0.475. The van der Waals surface area contributed by atoms with Gasteiger partial charge in [0.1, 0.15) is 5.75 Å². The molecule has 202 valence electrons. The summed E-state index contributed by atoms with van der Waals surface area (Å²) in [4.78, 5) is 33.3. The minimum absolute atomic E-state index is 0.0466. The van der Waals surface area contributed by atoms with Gasteiger partial charge in [-0.3, -0.25) is 9.69 Å². The average molecular weight is 525 g/mol. The smallest absolute Gasteiger partial charge is 0.323 e. The Morgan fingerprint density at radius 1 is 0.923 bits per heavy atom. The molecule has 39 heavy (non-hydrogen) atoms. The van der Waals surface area contributed by atoms with Crippen LogP contribution >= 0.6 is 0 Å². The van der Waals surface area contributed by atoms with Gasteiger partial charge >= 0.3 is 6.03 Å². The minimum Gasteiger partial charge on any atom is -0.497 e. The molecule has 1 saturated carbocycles. The van der Waals surface area contributed by atoms with Gasteiger partial charge in [-0.15, -0.1) is 0 Å². The van der Waals surface area contributed by atoms with Crippen LogP contribution in [0.15, 0.2) is 72.8 Å². The number of benzene rings is 3. The summed E-state index contributed by atoms with van der Waals surface area (Å²) in [6, 6.07) is 24.4. The van der Waals surface area contributed by atoms with Gasteiger partial charge < -0.3 is 19.9 Å². The van der Waals surface area contributed by atoms with E-state index in [1.165, 1.54) is 0 Å². The number of rotatable bonds is 6. The number of carbonyl (C=O) groups is 2. The van der Waals surface area contributed by atoms with E-state index < -0.39 is 0 Å². The van der Waals surface area contributed by atoms with Crippen molar-refractivity contribution in [1.29, 1.82) is 0 Å². The molecule has 1 saturated heterocycles. The van der Waals surface area contributed by atoms with Crippen LogP contribution in [-0.2, 0) is 17.8 Å². The lowest BCUT2D eigenvalue weighted by atomic mass is 9.73. The highest BCUT2D eigenvalue weighted by molar-refractivity contribution is 6.06. The highest BCUT2D eigenvalue weighted by atomic mass is 16.5. The third-order valence-electron chi connectivity index (χ3n) is 8.85. The van der Waals surface area contributed by atoms with Gasteiger partial charge in [0.05, 0.1) is 37.3 Å². The number of fused-ring (bicyclic) bond motifs is 1. The normalized spacial score (nSPS) is 24.4. The zero-order valence-electron chi connectivity index (χ0n) is 22.9. The topological polar surface area (TPSA) is 65.1 Å². The summed E-state index contributed by atoms with van der Waals surface area (Å²) < 4.78 is 5.28. The zero-order valence-corrected chi connectivity index (χ0v) is 22.9. The number of anilines is 2. The first-order valence-corrected chi connectivity index (χ1v) is 13.8. The molecule has 1 spiro atoms. The van der Waals surface area contributed by atoms with Crippen LogP contribution in [-0.4, -0.2) is 49.6 Å². The van der Waals surface area contributed by atoms with E-state index in [1.54, 1.807) is 7.11 Å². The van der Waals surface area contributed by atoms with Crippen molar-refractivity contribution in [2.45, 2.75) is 56.3 Å². The molecule has 0 unspecified atom stereocenters. The largest absolute Gasteiger partial charge is 0.497 e. The summed E-state index contributed by atoms with van der Waals surface area (Å²) in [5.74, 6) is 0.833. The molecule has 3 amide bonds. The van der Waals surface area contributed by atoms with Crippen molar-refractivity contribution < 1.29 is 14.3 Å². The van der Waals surface area contributed by atoms with Crippen molar-refractivity contribution in [3.05, 3.63) is 89.5 Å². The minimum atomic E-state index is -0.348. The summed E-state index contributed by atoms with van der Waals surface area (Å²) in [6.07, 6.45) is 4.17. The molecule has 3 aliphatic rings. The highest BCUT2D eigenvalue weighted by Gasteiger charge is 2.54. The Balaban J connectivity index is 1.37. The Morgan fingerprint density at radius 3 is 2.28 bits per heavy atom. The number of hydrogen-bond donors (Lipinski definition) is 1. The van der Waals surface area contributed by atoms with Gasteiger partial charge in [0, 0.05) is 17.3 Å². The van der Waals surface area contributed by atoms with Gasteiger partial charge in [-0.2, -0.15) is 0 Å². The van der Waals surface area contributed by atoms with Gasteiger partial charge in [-0.05, 0) is 75.2 Å². The molecule has 6 rings (SSSR count). The molecule has 2 aliphatic heterocycles. The fourth-order valence-corrected chi connectivity index (χ4v) is 6.78. The van der Waals surface area contributed by atoms with Crippen LogP contribution in [0.5, 0.6) is 5.75 Å². The van der Waals surface area contributed by atoms with Crippen molar-refractivity contribution >= 4 is 23.3 Å². The highest BCUT2D eigenvalue weighted by Crippen LogP contribution is 2.50. The van der Waals surface area contributed by atoms with Crippen molar-refractivity contribution in [2.75, 3.05) is 31.0 Å². The second-order valence-corrected chi connectivity index (χ2v) is 11.2. The summed E-state index contributed by atoms with van der Waals surface area (Å²) in [5.41, 5.74) is 4.43. The first-order valence-electron chi connectivity index (χ1n) is 13.8. The van der Waals surface area contributed by atoms with Crippen molar-refractivity contribution in [2.24, 2.45) is 0 Å². The number of carbonyl (C=O) groups excluding carboxylic acids is 2. The lowest BCUT2D eigenvalue weighted by molar-refractivity contribution is -0.117. The van der Waals surface area contributed by atoms with Crippen LogP contribution in [0.1, 0.15) is 48.4 Å². The van der Waals surface area contributed by atoms with Crippen molar-refractivity contribution in [1.82, 2.24) is 10.2 Å². The molecule has 3 aromatic rings. The molecule has 0 bridgehead atoms. The van der Waals surface area contributed by atoms with E-state index in [0.29, 0.717) is 12.6 Å². The van der Waals surface area contributed by atoms with Crippen LogP contribution in [0.3, 0.4) is 0 Å². The molecule has 1 aliphatic carbocycles. The van der Waals surface area contributed by atoms with Gasteiger partial charge in [-0.1, -0.05) is 48.5 Å². The van der Waals surface area contributed by atoms with Crippen molar-refractivity contribution in [3.8, 4) is 5.75 Å². The maximum absolute atomic E-state index is 13.9. The molecule has 1 atom stereocenters. The van der Waals surface area contributed by atoms with Gasteiger partial charge in [0.25, 0.3) is 0 Å². The van der Waals surface area contributed by atoms with Crippen molar-refractivity contribution in [3.63, 3.8) is 0 Å². The SMILES string of the molecule is COc1ccc(CN2C(=O)Cc3c2cccc3N2C(=O)NC3(CCC(N(C)C)CC3)[C@H]2c2ccccc2)cc1. The molecule has 2 heterocycles. The molecule has 7 heteroatoms. The number of hydrogen-bond acceptors (Lipinski definition) is 4. The van der Waals surface area contributed by atoms with Gasteiger partial charge in [0.2, 0.25) is 5.91 Å². The van der Waals surface area contributed by atoms with Crippen LogP contribution < -0.4 is 19.9 Å². The number of ether oxygens (including phenoxy) is 1. The second kappa shape index (κ2) is 10.0. The summed E-state index contributed by atoms with van der Waals surface area (Å²) in [5, 5.41) is 3.45. The maximum atomic E-state index is 13.9.